The molecule has 2 aliphatic carbocycles. The fourth-order valence-corrected chi connectivity index (χ4v) is 20.5. The van der Waals surface area contributed by atoms with Crippen LogP contribution in [0.2, 0.25) is 0 Å². The molecule has 0 aromatic rings. The van der Waals surface area contributed by atoms with Crippen LogP contribution in [-0.2, 0) is 85.7 Å². The summed E-state index contributed by atoms with van der Waals surface area (Å²) < 4.78 is 59.0. The predicted octanol–water partition coefficient (Wildman–Crippen LogP) is 11.9. The van der Waals surface area contributed by atoms with E-state index in [0.29, 0.717) is 127 Å². The molecule has 6 heterocycles. The van der Waals surface area contributed by atoms with Crippen LogP contribution in [0.1, 0.15) is 251 Å². The topological polar surface area (TPSA) is 397 Å². The predicted molar refractivity (Wildman–Crippen MR) is 492 cm³/mol. The zero-order chi connectivity index (χ0) is 96.3. The lowest BCUT2D eigenvalue weighted by Gasteiger charge is -2.43. The summed E-state index contributed by atoms with van der Waals surface area (Å²) >= 11 is 0. The second kappa shape index (κ2) is 52.8. The lowest BCUT2D eigenvalue weighted by molar-refractivity contribution is -0.265. The van der Waals surface area contributed by atoms with E-state index in [1.54, 1.807) is 75.2 Å². The molecular weight excluding hydrogens is 1670 g/mol. The van der Waals surface area contributed by atoms with Gasteiger partial charge >= 0.3 is 11.9 Å². The van der Waals surface area contributed by atoms with Crippen molar-refractivity contribution in [2.24, 2.45) is 71.0 Å². The van der Waals surface area contributed by atoms with Crippen LogP contribution in [-0.4, -0.2) is 275 Å². The lowest BCUT2D eigenvalue weighted by atomic mass is 9.78. The van der Waals surface area contributed by atoms with Gasteiger partial charge in [-0.3, -0.25) is 28.8 Å². The van der Waals surface area contributed by atoms with Crippen molar-refractivity contribution in [3.8, 4) is 0 Å². The van der Waals surface area contributed by atoms with Gasteiger partial charge in [0.05, 0.1) is 61.0 Å². The van der Waals surface area contributed by atoms with Gasteiger partial charge < -0.3 is 98.0 Å². The third kappa shape index (κ3) is 30.4. The standard InChI is InChI=1S/C51H83NO13.C51H79NO13/c2*1-30-16-12-11-13-17-31(2)42(61-8)28-38-21-19-36(7)51(60,65-38)48(57)49(58)52-23-15-14-18-39(52)50(59)64-43(33(4)26-37-20-22-40(53)44(27-37)62-9)29-41(54)32(3)25-35(6)46(56)47(63-10)45(55)34(5)24-30/h11-13,16-17,25,30,32-34,36-47,53-56,60H,14-15,18-24,26-29H2,1-10H3;11-13,16-17,25,30,32-34,36-40,42-44,46-47,53,56,60H,14-15,18-24,26-29H2,1-10H3/b2*13-11?,16-12+,31-17?,35-25+/t30-,32-,33-,34-,36-,37?,38+,39?,40-,41+,42+,43+,44-,45+,46-,47+,51-;30-,32-,33-,34-,36-,37?,38+,39?,40-,42+,43+,44-,46-,47+,51-/m11/s1. The third-order valence-electron chi connectivity index (χ3n) is 29.4. The first-order chi connectivity index (χ1) is 61.5. The van der Waals surface area contributed by atoms with Crippen molar-refractivity contribution >= 4 is 46.9 Å². The maximum atomic E-state index is 14.4. The van der Waals surface area contributed by atoms with E-state index >= 15 is 0 Å². The number of ether oxygens (including phenoxy) is 10. The van der Waals surface area contributed by atoms with Gasteiger partial charge in [-0.1, -0.05) is 142 Å². The van der Waals surface area contributed by atoms with Gasteiger partial charge in [0.15, 0.2) is 5.78 Å². The summed E-state index contributed by atoms with van der Waals surface area (Å²) in [5.74, 6) is -14.7. The Balaban J connectivity index is 0.000000356. The molecule has 32 atom stereocenters. The molecule has 736 valence electrons. The highest BCUT2D eigenvalue weighted by Crippen LogP contribution is 2.42. The molecule has 28 nitrogen and oxygen atoms in total. The molecule has 2 saturated carbocycles. The van der Waals surface area contributed by atoms with Gasteiger partial charge in [0, 0.05) is 111 Å². The van der Waals surface area contributed by atoms with E-state index in [2.05, 4.69) is 6.92 Å². The fourth-order valence-electron chi connectivity index (χ4n) is 20.5. The van der Waals surface area contributed by atoms with E-state index in [1.807, 2.05) is 116 Å². The second-order valence-corrected chi connectivity index (χ2v) is 39.6. The Kier molecular flexibility index (Phi) is 45.0. The van der Waals surface area contributed by atoms with Crippen LogP contribution in [0.4, 0.5) is 0 Å². The van der Waals surface area contributed by atoms with Crippen LogP contribution < -0.4 is 0 Å². The number of esters is 2. The Bertz CT molecular complexity index is 3910. The SMILES string of the molecule is CO[C@H]1C[C@@H]2CC[C@@H](C)[C@@](O)(O2)C(=O)C(=O)N2CCCCC2C(=O)O[C@H]([C@H](C)CC2CC[C@@H](O)[C@H](OC)C2)CC(=O)[C@H](C)/C=C(\C)[C@@H](O)[C@@H](OC)C(=O)[C@H](C)C[C@H](C)/C=C/C=CC=C1C.CO[C@H]1[C@@H](O)[C@H](C)C[C@H](C)/C=C/C=CC=C(C)[C@@H](OC)C[C@@H]2CC[C@@H](C)[C@@](O)(O2)C(=O)C(=O)N2CCCCC2C(=O)O[C@H]([C@H](C)CC2CC[C@@H](O)[C@H](OC)C2)C[C@H](O)[C@H](C)/C=C(\C)[C@H]1O. The smallest absolute Gasteiger partial charge is 0.329 e. The normalized spacial score (nSPS) is 40.2. The Morgan fingerprint density at radius 3 is 1.35 bits per heavy atom. The Labute approximate surface area is 773 Å². The first-order valence-corrected chi connectivity index (χ1v) is 48.1. The average Bonchev–Trinajstić information content (AvgIpc) is 0.774. The summed E-state index contributed by atoms with van der Waals surface area (Å²) in [5.41, 5.74) is 2.67. The van der Waals surface area contributed by atoms with E-state index < -0.39 is 174 Å². The summed E-state index contributed by atoms with van der Waals surface area (Å²) in [6.45, 7) is 25.9. The van der Waals surface area contributed by atoms with Crippen molar-refractivity contribution in [1.29, 1.82) is 0 Å². The van der Waals surface area contributed by atoms with Gasteiger partial charge in [-0.25, -0.2) is 9.59 Å². The number of nitrogens with zero attached hydrogens (tertiary/aromatic N) is 2. The summed E-state index contributed by atoms with van der Waals surface area (Å²) in [6.07, 6.45) is 21.8. The number of piperidine rings is 2. The van der Waals surface area contributed by atoms with Crippen molar-refractivity contribution in [2.45, 2.75) is 372 Å². The highest BCUT2D eigenvalue weighted by molar-refractivity contribution is 6.39. The Morgan fingerprint density at radius 2 is 0.900 bits per heavy atom. The summed E-state index contributed by atoms with van der Waals surface area (Å²) in [6, 6.07) is -2.24. The van der Waals surface area contributed by atoms with Crippen LogP contribution >= 0.6 is 0 Å². The molecule has 2 amide bonds. The molecule has 130 heavy (non-hydrogen) atoms. The number of ketones is 4. The van der Waals surface area contributed by atoms with Gasteiger partial charge in [-0.15, -0.1) is 0 Å². The number of amides is 2. The number of Topliss-reactive ketones (excluding diaryl/α,β-unsaturated/α-hetero) is 4. The number of aliphatic hydroxyl groups excluding tert-OH is 6. The van der Waals surface area contributed by atoms with Crippen LogP contribution in [0.15, 0.2) is 95.2 Å². The zero-order valence-electron chi connectivity index (χ0n) is 81.5. The maximum Gasteiger partial charge on any atom is 0.329 e. The Hall–Kier alpha value is -6.16. The molecule has 6 fully saturated rings. The maximum absolute atomic E-state index is 14.4. The number of carbonyl (C=O) groups excluding carboxylic acids is 8. The fraction of sp³-hybridized carbons (Fsp3) is 0.765. The van der Waals surface area contributed by atoms with Crippen LogP contribution in [0, 0.1) is 71.0 Å². The lowest BCUT2D eigenvalue weighted by Crippen LogP contribution is -2.61. The van der Waals surface area contributed by atoms with E-state index in [0.717, 1.165) is 24.0 Å². The number of hydrogen-bond donors (Lipinski definition) is 8. The van der Waals surface area contributed by atoms with Crippen LogP contribution in [0.5, 0.6) is 0 Å². The molecule has 28 heteroatoms. The number of allylic oxidation sites excluding steroid dienone is 11. The summed E-state index contributed by atoms with van der Waals surface area (Å²) in [7, 11) is 9.15. The van der Waals surface area contributed by atoms with Gasteiger partial charge in [0.2, 0.25) is 11.6 Å². The molecule has 4 bridgehead atoms. The van der Waals surface area contributed by atoms with Gasteiger partial charge in [0.25, 0.3) is 23.4 Å². The van der Waals surface area contributed by atoms with Crippen LogP contribution in [0.3, 0.4) is 0 Å². The Morgan fingerprint density at radius 1 is 0.454 bits per heavy atom. The molecular formula is C102H162N2O26. The van der Waals surface area contributed by atoms with Crippen molar-refractivity contribution in [2.75, 3.05) is 55.7 Å². The minimum atomic E-state index is -2.43. The molecule has 0 aromatic heterocycles. The number of rotatable bonds is 12. The first-order valence-electron chi connectivity index (χ1n) is 48.1. The molecule has 6 aliphatic heterocycles. The van der Waals surface area contributed by atoms with Crippen LogP contribution in [0.25, 0.3) is 0 Å². The molecule has 4 unspecified atom stereocenters. The summed E-state index contributed by atoms with van der Waals surface area (Å²) in [4.78, 5) is 116. The number of carbonyl (C=O) groups is 8. The minimum Gasteiger partial charge on any atom is -0.460 e. The van der Waals surface area contributed by atoms with E-state index in [4.69, 9.17) is 47.4 Å². The number of hydrogen-bond acceptors (Lipinski definition) is 26. The molecule has 8 aliphatic rings. The third-order valence-corrected chi connectivity index (χ3v) is 29.4. The quantitative estimate of drug-likeness (QED) is 0.0511. The molecule has 0 radical (unpaired) electrons. The highest BCUT2D eigenvalue weighted by Gasteiger charge is 2.56. The minimum absolute atomic E-state index is 0.0193. The van der Waals surface area contributed by atoms with Gasteiger partial charge in [-0.05, 0) is 220 Å². The average molecular weight is 1830 g/mol. The van der Waals surface area contributed by atoms with E-state index in [1.165, 1.54) is 24.0 Å². The first kappa shape index (κ1) is 111. The molecule has 4 saturated heterocycles. The number of cyclic esters (lactones) is 2. The molecule has 0 aromatic carbocycles. The van der Waals surface area contributed by atoms with E-state index in [9.17, 15) is 79.2 Å². The molecule has 0 spiro atoms. The van der Waals surface area contributed by atoms with Gasteiger partial charge in [0.1, 0.15) is 54.5 Å². The number of fused-ring (bicyclic) bond motifs is 6. The second-order valence-electron chi connectivity index (χ2n) is 39.6. The van der Waals surface area contributed by atoms with Crippen molar-refractivity contribution < 1.29 is 127 Å². The number of aliphatic hydroxyl groups is 8. The van der Waals surface area contributed by atoms with E-state index in [-0.39, 0.29) is 104 Å². The van der Waals surface area contributed by atoms with Crippen molar-refractivity contribution in [3.05, 3.63) is 95.2 Å². The number of methoxy groups -OCH3 is 6. The van der Waals surface area contributed by atoms with Crippen molar-refractivity contribution in [1.82, 2.24) is 9.80 Å². The largest absolute Gasteiger partial charge is 0.460 e. The zero-order valence-corrected chi connectivity index (χ0v) is 81.5. The highest BCUT2D eigenvalue weighted by atomic mass is 16.6. The summed E-state index contributed by atoms with van der Waals surface area (Å²) in [5, 5.41) is 91.0. The monoisotopic (exact) mass is 1830 g/mol. The molecule has 8 N–H and O–H groups in total. The van der Waals surface area contributed by atoms with Crippen molar-refractivity contribution in [3.63, 3.8) is 0 Å². The molecule has 8 rings (SSSR count). The van der Waals surface area contributed by atoms with Gasteiger partial charge in [-0.2, -0.15) is 0 Å².